The Labute approximate surface area is 175 Å². The molecule has 0 atom stereocenters. The van der Waals surface area contributed by atoms with Gasteiger partial charge < -0.3 is 23.7 Å². The van der Waals surface area contributed by atoms with Crippen LogP contribution in [-0.4, -0.2) is 27.3 Å². The zero-order valence-electron chi connectivity index (χ0n) is 17.2. The van der Waals surface area contributed by atoms with Crippen molar-refractivity contribution < 1.29 is 28.5 Å². The highest BCUT2D eigenvalue weighted by atomic mass is 16.6. The van der Waals surface area contributed by atoms with Crippen molar-refractivity contribution in [2.24, 2.45) is 0 Å². The van der Waals surface area contributed by atoms with E-state index in [2.05, 4.69) is 0 Å². The fraction of sp³-hybridized carbons (Fsp3) is 0.208. The van der Waals surface area contributed by atoms with Crippen LogP contribution in [-0.2, 0) is 18.0 Å². The molecule has 0 N–H and O–H groups in total. The predicted molar refractivity (Wildman–Crippen MR) is 112 cm³/mol. The van der Waals surface area contributed by atoms with Crippen LogP contribution >= 0.6 is 0 Å². The molecule has 0 saturated carbocycles. The first-order valence-corrected chi connectivity index (χ1v) is 9.38. The summed E-state index contributed by atoms with van der Waals surface area (Å²) >= 11 is 0. The van der Waals surface area contributed by atoms with Crippen LogP contribution in [0.15, 0.2) is 66.7 Å². The molecule has 0 aliphatic carbocycles. The largest absolute Gasteiger partial charge is 0.492 e. The third-order valence-electron chi connectivity index (χ3n) is 4.43. The molecule has 3 aromatic carbocycles. The molecule has 0 fully saturated rings. The van der Waals surface area contributed by atoms with Crippen LogP contribution in [0.5, 0.6) is 23.0 Å². The molecule has 6 nitrogen and oxygen atoms in total. The monoisotopic (exact) mass is 408 g/mol. The van der Waals surface area contributed by atoms with E-state index >= 15 is 0 Å². The van der Waals surface area contributed by atoms with E-state index < -0.39 is 5.97 Å². The molecule has 3 rings (SSSR count). The minimum Gasteiger partial charge on any atom is -0.492 e. The molecule has 6 heteroatoms. The summed E-state index contributed by atoms with van der Waals surface area (Å²) in [6, 6.07) is 20.9. The highest BCUT2D eigenvalue weighted by Gasteiger charge is 2.26. The van der Waals surface area contributed by atoms with E-state index in [9.17, 15) is 4.79 Å². The van der Waals surface area contributed by atoms with Crippen LogP contribution in [0.4, 0.5) is 0 Å². The maximum atomic E-state index is 12.4. The van der Waals surface area contributed by atoms with Gasteiger partial charge in [0.1, 0.15) is 18.8 Å². The maximum absolute atomic E-state index is 12.4. The molecule has 0 amide bonds. The van der Waals surface area contributed by atoms with E-state index in [1.165, 1.54) is 21.3 Å². The van der Waals surface area contributed by atoms with Crippen LogP contribution < -0.4 is 18.9 Å². The summed E-state index contributed by atoms with van der Waals surface area (Å²) in [6.07, 6.45) is 0. The zero-order chi connectivity index (χ0) is 21.3. The number of hydrogen-bond acceptors (Lipinski definition) is 6. The van der Waals surface area contributed by atoms with Crippen molar-refractivity contribution in [3.8, 4) is 23.0 Å². The molecule has 156 valence electrons. The number of carbonyl (C=O) groups excluding carboxylic acids is 1. The van der Waals surface area contributed by atoms with Crippen molar-refractivity contribution in [2.75, 3.05) is 21.3 Å². The molecule has 30 heavy (non-hydrogen) atoms. The van der Waals surface area contributed by atoms with E-state index in [4.69, 9.17) is 23.7 Å². The molecule has 0 radical (unpaired) electrons. The molecule has 0 heterocycles. The predicted octanol–water partition coefficient (Wildman–Crippen LogP) is 4.65. The van der Waals surface area contributed by atoms with Crippen molar-refractivity contribution in [2.45, 2.75) is 13.2 Å². The molecule has 0 aliphatic rings. The van der Waals surface area contributed by atoms with E-state index in [-0.39, 0.29) is 23.7 Å². The second-order valence-corrected chi connectivity index (χ2v) is 6.36. The number of ether oxygens (including phenoxy) is 5. The summed E-state index contributed by atoms with van der Waals surface area (Å²) in [6.45, 7) is 0.554. The second kappa shape index (κ2) is 10.2. The van der Waals surface area contributed by atoms with E-state index in [0.29, 0.717) is 18.1 Å². The highest BCUT2D eigenvalue weighted by molar-refractivity contribution is 5.95. The third-order valence-corrected chi connectivity index (χ3v) is 4.43. The lowest BCUT2D eigenvalue weighted by atomic mass is 10.1. The van der Waals surface area contributed by atoms with Gasteiger partial charge in [-0.25, -0.2) is 4.79 Å². The first-order valence-electron chi connectivity index (χ1n) is 9.38. The van der Waals surface area contributed by atoms with Crippen molar-refractivity contribution >= 4 is 5.97 Å². The topological polar surface area (TPSA) is 63.2 Å². The van der Waals surface area contributed by atoms with Gasteiger partial charge in [0.15, 0.2) is 11.5 Å². The number of methoxy groups -OCH3 is 3. The molecule has 0 aromatic heterocycles. The summed E-state index contributed by atoms with van der Waals surface area (Å²) in [4.78, 5) is 12.4. The van der Waals surface area contributed by atoms with Gasteiger partial charge in [0.05, 0.1) is 21.3 Å². The highest BCUT2D eigenvalue weighted by Crippen LogP contribution is 2.47. The van der Waals surface area contributed by atoms with Gasteiger partial charge in [-0.05, 0) is 11.1 Å². The Morgan fingerprint density at radius 3 is 1.73 bits per heavy atom. The molecule has 3 aromatic rings. The Kier molecular flexibility index (Phi) is 7.16. The van der Waals surface area contributed by atoms with Gasteiger partial charge >= 0.3 is 5.97 Å². The molecule has 0 spiro atoms. The smallest absolute Gasteiger partial charge is 0.341 e. The van der Waals surface area contributed by atoms with E-state index in [0.717, 1.165) is 11.1 Å². The number of carbonyl (C=O) groups is 1. The van der Waals surface area contributed by atoms with Gasteiger partial charge in [0.25, 0.3) is 0 Å². The molecule has 0 unspecified atom stereocenters. The van der Waals surface area contributed by atoms with Gasteiger partial charge in [-0.1, -0.05) is 60.7 Å². The number of esters is 1. The summed E-state index contributed by atoms with van der Waals surface area (Å²) in [5, 5.41) is 0. The summed E-state index contributed by atoms with van der Waals surface area (Å²) < 4.78 is 28.0. The molecule has 0 bridgehead atoms. The lowest BCUT2D eigenvalue weighted by Crippen LogP contribution is -2.09. The fourth-order valence-electron chi connectivity index (χ4n) is 2.96. The Bertz CT molecular complexity index is 970. The Hall–Kier alpha value is -3.67. The van der Waals surface area contributed by atoms with Crippen molar-refractivity contribution in [3.63, 3.8) is 0 Å². The van der Waals surface area contributed by atoms with Crippen LogP contribution in [0.1, 0.15) is 21.5 Å². The number of rotatable bonds is 9. The lowest BCUT2D eigenvalue weighted by molar-refractivity contribution is 0.0595. The number of hydrogen-bond donors (Lipinski definition) is 0. The first-order chi connectivity index (χ1) is 14.7. The van der Waals surface area contributed by atoms with Crippen LogP contribution in [0, 0.1) is 0 Å². The summed E-state index contributed by atoms with van der Waals surface area (Å²) in [5.41, 5.74) is 2.12. The van der Waals surface area contributed by atoms with Crippen LogP contribution in [0.2, 0.25) is 0 Å². The average molecular weight is 408 g/mol. The van der Waals surface area contributed by atoms with Crippen molar-refractivity contribution in [3.05, 3.63) is 83.4 Å². The molecule has 0 aliphatic heterocycles. The Morgan fingerprint density at radius 1 is 0.700 bits per heavy atom. The Morgan fingerprint density at radius 2 is 1.23 bits per heavy atom. The van der Waals surface area contributed by atoms with Crippen LogP contribution in [0.25, 0.3) is 0 Å². The van der Waals surface area contributed by atoms with E-state index in [1.807, 2.05) is 60.7 Å². The second-order valence-electron chi connectivity index (χ2n) is 6.36. The molecular weight excluding hydrogens is 384 g/mol. The molecule has 0 saturated heterocycles. The lowest BCUT2D eigenvalue weighted by Gasteiger charge is -2.20. The van der Waals surface area contributed by atoms with E-state index in [1.54, 1.807) is 6.07 Å². The maximum Gasteiger partial charge on any atom is 0.341 e. The van der Waals surface area contributed by atoms with Gasteiger partial charge in [0, 0.05) is 6.07 Å². The van der Waals surface area contributed by atoms with Crippen LogP contribution in [0.3, 0.4) is 0 Å². The SMILES string of the molecule is COC(=O)c1cc(OCc2ccccc2)c(OC)c(OCc2ccccc2)c1OC. The fourth-order valence-corrected chi connectivity index (χ4v) is 2.96. The molecular formula is C24H24O6. The summed E-state index contributed by atoms with van der Waals surface area (Å²) in [7, 11) is 4.28. The van der Waals surface area contributed by atoms with Gasteiger partial charge in [-0.3, -0.25) is 0 Å². The minimum absolute atomic E-state index is 0.187. The minimum atomic E-state index is -0.566. The van der Waals surface area contributed by atoms with Gasteiger partial charge in [-0.2, -0.15) is 0 Å². The quantitative estimate of drug-likeness (QED) is 0.481. The van der Waals surface area contributed by atoms with Gasteiger partial charge in [-0.15, -0.1) is 0 Å². The Balaban J connectivity index is 2.00. The van der Waals surface area contributed by atoms with Gasteiger partial charge in [0.2, 0.25) is 11.5 Å². The average Bonchev–Trinajstić information content (AvgIpc) is 2.81. The van der Waals surface area contributed by atoms with Crippen molar-refractivity contribution in [1.29, 1.82) is 0 Å². The summed E-state index contributed by atoms with van der Waals surface area (Å²) in [5.74, 6) is 0.622. The number of benzene rings is 3. The zero-order valence-corrected chi connectivity index (χ0v) is 17.2. The first kappa shape index (κ1) is 21.0. The van der Waals surface area contributed by atoms with Crippen molar-refractivity contribution in [1.82, 2.24) is 0 Å². The normalized spacial score (nSPS) is 10.2. The third kappa shape index (κ3) is 4.84. The standard InChI is InChI=1S/C24H24O6/c1-26-21-19(24(25)28-3)14-20(29-15-17-10-6-4-7-11-17)22(27-2)23(21)30-16-18-12-8-5-9-13-18/h4-14H,15-16H2,1-3H3.